The number of morpholine rings is 1. The molecule has 0 radical (unpaired) electrons. The van der Waals surface area contributed by atoms with Crippen LogP contribution in [0.1, 0.15) is 30.8 Å². The summed E-state index contributed by atoms with van der Waals surface area (Å²) in [5, 5.41) is -0.146. The van der Waals surface area contributed by atoms with Crippen LogP contribution in [0, 0.1) is 6.92 Å². The number of aromatic amines is 1. The number of H-pyrrole nitrogens is 1. The highest BCUT2D eigenvalue weighted by Crippen LogP contribution is 2.35. The van der Waals surface area contributed by atoms with Gasteiger partial charge in [0.2, 0.25) is 10.0 Å². The van der Waals surface area contributed by atoms with Gasteiger partial charge in [0, 0.05) is 38.1 Å². The summed E-state index contributed by atoms with van der Waals surface area (Å²) in [5.74, 6) is 0.911. The molecule has 23 heavy (non-hydrogen) atoms. The minimum atomic E-state index is -3.14. The van der Waals surface area contributed by atoms with Crippen molar-refractivity contribution in [2.75, 3.05) is 26.2 Å². The van der Waals surface area contributed by atoms with Gasteiger partial charge in [-0.3, -0.25) is 4.90 Å². The predicted octanol–water partition coefficient (Wildman–Crippen LogP) is 0.485. The summed E-state index contributed by atoms with van der Waals surface area (Å²) < 4.78 is 33.0. The molecule has 1 aliphatic carbocycles. The van der Waals surface area contributed by atoms with Crippen LogP contribution in [0.3, 0.4) is 0 Å². The molecule has 7 nitrogen and oxygen atoms in total. The largest absolute Gasteiger partial charge is 0.375 e. The number of ether oxygens (including phenoxy) is 1. The number of hydrogen-bond acceptors (Lipinski definition) is 5. The molecule has 8 heteroatoms. The summed E-state index contributed by atoms with van der Waals surface area (Å²) in [5.41, 5.74) is 1.08. The zero-order chi connectivity index (χ0) is 16.0. The van der Waals surface area contributed by atoms with Gasteiger partial charge in [-0.1, -0.05) is 0 Å². The summed E-state index contributed by atoms with van der Waals surface area (Å²) in [6.45, 7) is 5.39. The van der Waals surface area contributed by atoms with Crippen molar-refractivity contribution in [1.82, 2.24) is 19.2 Å². The van der Waals surface area contributed by atoms with Crippen molar-refractivity contribution < 1.29 is 13.2 Å². The second-order valence-corrected chi connectivity index (χ2v) is 9.01. The Morgan fingerprint density at radius 2 is 2.17 bits per heavy atom. The van der Waals surface area contributed by atoms with Gasteiger partial charge in [-0.25, -0.2) is 13.4 Å². The molecule has 2 saturated heterocycles. The third-order valence-electron chi connectivity index (χ3n) is 5.04. The molecule has 1 aromatic rings. The fraction of sp³-hybridized carbons (Fsp3) is 0.800. The van der Waals surface area contributed by atoms with Crippen LogP contribution >= 0.6 is 0 Å². The number of imidazole rings is 1. The van der Waals surface area contributed by atoms with Crippen molar-refractivity contribution >= 4 is 10.0 Å². The van der Waals surface area contributed by atoms with Gasteiger partial charge in [-0.2, -0.15) is 4.31 Å². The molecule has 0 spiro atoms. The smallest absolute Gasteiger partial charge is 0.217 e. The fourth-order valence-corrected chi connectivity index (χ4v) is 5.74. The number of rotatable bonds is 4. The van der Waals surface area contributed by atoms with Crippen LogP contribution < -0.4 is 0 Å². The lowest BCUT2D eigenvalue weighted by Gasteiger charge is -2.46. The van der Waals surface area contributed by atoms with Crippen molar-refractivity contribution in [3.05, 3.63) is 17.7 Å². The Balaban J connectivity index is 1.49. The summed E-state index contributed by atoms with van der Waals surface area (Å²) in [4.78, 5) is 9.79. The summed E-state index contributed by atoms with van der Waals surface area (Å²) in [7, 11) is -3.14. The van der Waals surface area contributed by atoms with Gasteiger partial charge in [-0.15, -0.1) is 0 Å². The Bertz CT molecular complexity index is 670. The van der Waals surface area contributed by atoms with Gasteiger partial charge in [0.05, 0.1) is 24.0 Å². The van der Waals surface area contributed by atoms with Crippen LogP contribution in [0.5, 0.6) is 0 Å². The number of piperidine rings is 1. The monoisotopic (exact) mass is 340 g/mol. The maximum atomic E-state index is 12.7. The topological polar surface area (TPSA) is 78.5 Å². The number of nitrogens with one attached hydrogen (secondary N) is 1. The van der Waals surface area contributed by atoms with Gasteiger partial charge in [-0.05, 0) is 26.2 Å². The first-order valence-electron chi connectivity index (χ1n) is 8.39. The first-order valence-corrected chi connectivity index (χ1v) is 9.89. The minimum absolute atomic E-state index is 0.0389. The maximum Gasteiger partial charge on any atom is 0.217 e. The molecule has 3 fully saturated rings. The number of nitrogens with zero attached hydrogens (tertiary/aromatic N) is 3. The Kier molecular flexibility index (Phi) is 3.95. The fourth-order valence-electron chi connectivity index (χ4n) is 3.72. The number of aromatic nitrogens is 2. The van der Waals surface area contributed by atoms with Crippen LogP contribution in [0.2, 0.25) is 0 Å². The average Bonchev–Trinajstić information content (AvgIpc) is 3.31. The van der Waals surface area contributed by atoms with E-state index < -0.39 is 10.0 Å². The third kappa shape index (κ3) is 3.05. The molecule has 3 heterocycles. The van der Waals surface area contributed by atoms with Gasteiger partial charge >= 0.3 is 0 Å². The van der Waals surface area contributed by atoms with Crippen LogP contribution in [-0.4, -0.2) is 71.2 Å². The SMILES string of the molecule is Cc1ncc(CN2CC[C@@H]3OCCN(S(=O)(=O)C4CC4)[C@H]3C2)[nH]1. The van der Waals surface area contributed by atoms with E-state index in [0.717, 1.165) is 50.4 Å². The first kappa shape index (κ1) is 15.6. The van der Waals surface area contributed by atoms with Gasteiger partial charge < -0.3 is 9.72 Å². The molecule has 1 aromatic heterocycles. The quantitative estimate of drug-likeness (QED) is 0.863. The van der Waals surface area contributed by atoms with Crippen molar-refractivity contribution in [2.45, 2.75) is 50.1 Å². The predicted molar refractivity (Wildman–Crippen MR) is 85.4 cm³/mol. The molecule has 3 aliphatic rings. The molecule has 1 saturated carbocycles. The van der Waals surface area contributed by atoms with E-state index in [1.807, 2.05) is 13.1 Å². The van der Waals surface area contributed by atoms with Gasteiger partial charge in [0.15, 0.2) is 0 Å². The van der Waals surface area contributed by atoms with Crippen molar-refractivity contribution in [3.63, 3.8) is 0 Å². The highest BCUT2D eigenvalue weighted by atomic mass is 32.2. The standard InChI is InChI=1S/C15H24N4O3S/c1-11-16-8-12(17-11)9-18-5-4-15-14(10-18)19(6-7-22-15)23(20,21)13-2-3-13/h8,13-15H,2-7,9-10H2,1H3,(H,16,17)/t14-,15-/m0/s1. The molecule has 2 aliphatic heterocycles. The zero-order valence-electron chi connectivity index (χ0n) is 13.4. The molecule has 1 N–H and O–H groups in total. The lowest BCUT2D eigenvalue weighted by molar-refractivity contribution is -0.0771. The van der Waals surface area contributed by atoms with E-state index in [-0.39, 0.29) is 17.4 Å². The molecule has 0 amide bonds. The molecular formula is C15H24N4O3S. The van der Waals surface area contributed by atoms with Crippen LogP contribution in [0.25, 0.3) is 0 Å². The Labute approximate surface area is 137 Å². The summed E-state index contributed by atoms with van der Waals surface area (Å²) >= 11 is 0. The molecule has 128 valence electrons. The summed E-state index contributed by atoms with van der Waals surface area (Å²) in [6.07, 6.45) is 4.41. The number of aryl methyl sites for hydroxylation is 1. The lowest BCUT2D eigenvalue weighted by Crippen LogP contribution is -2.61. The Hall–Kier alpha value is -0.960. The Morgan fingerprint density at radius 3 is 2.87 bits per heavy atom. The molecular weight excluding hydrogens is 316 g/mol. The number of sulfonamides is 1. The highest BCUT2D eigenvalue weighted by molar-refractivity contribution is 7.90. The summed E-state index contributed by atoms with van der Waals surface area (Å²) in [6, 6.07) is -0.0490. The van der Waals surface area contributed by atoms with E-state index in [0.29, 0.717) is 13.2 Å². The molecule has 2 atom stereocenters. The molecule has 0 unspecified atom stereocenters. The average molecular weight is 340 g/mol. The highest BCUT2D eigenvalue weighted by Gasteiger charge is 2.47. The van der Waals surface area contributed by atoms with E-state index in [4.69, 9.17) is 4.74 Å². The number of fused-ring (bicyclic) bond motifs is 1. The van der Waals surface area contributed by atoms with E-state index in [2.05, 4.69) is 14.9 Å². The van der Waals surface area contributed by atoms with Crippen molar-refractivity contribution in [1.29, 1.82) is 0 Å². The molecule has 0 bridgehead atoms. The number of hydrogen-bond donors (Lipinski definition) is 1. The van der Waals surface area contributed by atoms with Gasteiger partial charge in [0.25, 0.3) is 0 Å². The minimum Gasteiger partial charge on any atom is -0.375 e. The lowest BCUT2D eigenvalue weighted by atomic mass is 10.0. The van der Waals surface area contributed by atoms with E-state index in [1.165, 1.54) is 0 Å². The molecule has 4 rings (SSSR count). The normalized spacial score (nSPS) is 30.3. The van der Waals surface area contributed by atoms with Crippen LogP contribution in [0.15, 0.2) is 6.20 Å². The van der Waals surface area contributed by atoms with E-state index >= 15 is 0 Å². The van der Waals surface area contributed by atoms with Crippen molar-refractivity contribution in [3.8, 4) is 0 Å². The van der Waals surface area contributed by atoms with Crippen LogP contribution in [0.4, 0.5) is 0 Å². The molecule has 0 aromatic carbocycles. The second-order valence-electron chi connectivity index (χ2n) is 6.85. The second kappa shape index (κ2) is 5.84. The maximum absolute atomic E-state index is 12.7. The first-order chi connectivity index (χ1) is 11.0. The number of likely N-dealkylation sites (tertiary alicyclic amines) is 1. The Morgan fingerprint density at radius 1 is 1.35 bits per heavy atom. The van der Waals surface area contributed by atoms with E-state index in [1.54, 1.807) is 4.31 Å². The zero-order valence-corrected chi connectivity index (χ0v) is 14.3. The van der Waals surface area contributed by atoms with Crippen molar-refractivity contribution in [2.24, 2.45) is 0 Å². The van der Waals surface area contributed by atoms with Gasteiger partial charge in [0.1, 0.15) is 5.82 Å². The van der Waals surface area contributed by atoms with Crippen LogP contribution in [-0.2, 0) is 21.3 Å². The third-order valence-corrected chi connectivity index (χ3v) is 7.46. The van der Waals surface area contributed by atoms with E-state index in [9.17, 15) is 8.42 Å².